The highest BCUT2D eigenvalue weighted by atomic mass is 32.2. The second-order valence-electron chi connectivity index (χ2n) is 6.82. The van der Waals surface area contributed by atoms with E-state index < -0.39 is 16.0 Å². The summed E-state index contributed by atoms with van der Waals surface area (Å²) in [7, 11) is -0.682. The van der Waals surface area contributed by atoms with Crippen molar-refractivity contribution in [1.82, 2.24) is 9.62 Å². The van der Waals surface area contributed by atoms with Crippen LogP contribution in [0.5, 0.6) is 0 Å². The monoisotopic (exact) mass is 382 g/mol. The quantitative estimate of drug-likeness (QED) is 0.757. The van der Waals surface area contributed by atoms with Crippen LogP contribution >= 0.6 is 0 Å². The van der Waals surface area contributed by atoms with Gasteiger partial charge in [0.15, 0.2) is 6.61 Å². The van der Waals surface area contributed by atoms with Crippen LogP contribution in [-0.2, 0) is 19.6 Å². The molecule has 1 N–H and O–H groups in total. The summed E-state index contributed by atoms with van der Waals surface area (Å²) in [4.78, 5) is 24.1. The highest BCUT2D eigenvalue weighted by Crippen LogP contribution is 2.23. The molecule has 1 aliphatic carbocycles. The zero-order valence-electron chi connectivity index (χ0n) is 15.4. The molecule has 144 valence electrons. The van der Waals surface area contributed by atoms with Crippen molar-refractivity contribution < 1.29 is 22.7 Å². The first kappa shape index (κ1) is 20.4. The van der Waals surface area contributed by atoms with E-state index in [-0.39, 0.29) is 29.0 Å². The third kappa shape index (κ3) is 5.04. The van der Waals surface area contributed by atoms with E-state index in [4.69, 9.17) is 4.74 Å². The van der Waals surface area contributed by atoms with Crippen LogP contribution in [0.2, 0.25) is 0 Å². The molecule has 1 fully saturated rings. The summed E-state index contributed by atoms with van der Waals surface area (Å²) in [5, 5.41) is 2.92. The van der Waals surface area contributed by atoms with Gasteiger partial charge in [-0.05, 0) is 43.0 Å². The molecule has 0 heterocycles. The Hall–Kier alpha value is -1.93. The zero-order chi connectivity index (χ0) is 19.3. The maximum absolute atomic E-state index is 12.0. The molecule has 0 aliphatic heterocycles. The molecule has 2 rings (SSSR count). The fourth-order valence-electron chi connectivity index (χ4n) is 2.97. The largest absolute Gasteiger partial charge is 0.452 e. The molecule has 7 nitrogen and oxygen atoms in total. The molecule has 8 heteroatoms. The second-order valence-corrected chi connectivity index (χ2v) is 8.98. The molecule has 0 unspecified atom stereocenters. The summed E-state index contributed by atoms with van der Waals surface area (Å²) in [6, 6.07) is 5.57. The number of carbonyl (C=O) groups is 2. The van der Waals surface area contributed by atoms with Crippen molar-refractivity contribution in [2.24, 2.45) is 5.92 Å². The summed E-state index contributed by atoms with van der Waals surface area (Å²) < 4.78 is 30.1. The first-order valence-corrected chi connectivity index (χ1v) is 10.1. The Morgan fingerprint density at radius 2 is 1.77 bits per heavy atom. The van der Waals surface area contributed by atoms with Crippen molar-refractivity contribution in [3.8, 4) is 0 Å². The number of carbonyl (C=O) groups excluding carboxylic acids is 2. The fraction of sp³-hybridized carbons (Fsp3) is 0.556. The van der Waals surface area contributed by atoms with Crippen LogP contribution in [0.15, 0.2) is 29.2 Å². The predicted octanol–water partition coefficient (Wildman–Crippen LogP) is 1.79. The van der Waals surface area contributed by atoms with Gasteiger partial charge in [0.2, 0.25) is 10.0 Å². The van der Waals surface area contributed by atoms with Gasteiger partial charge in [0.1, 0.15) is 0 Å². The van der Waals surface area contributed by atoms with Crippen LogP contribution in [0.3, 0.4) is 0 Å². The SMILES string of the molecule is C[C@H]1CCCC[C@H]1NC(=O)COC(=O)c1ccc(S(=O)(=O)N(C)C)cc1. The minimum Gasteiger partial charge on any atom is -0.452 e. The number of hydrogen-bond donors (Lipinski definition) is 1. The molecule has 0 bridgehead atoms. The summed E-state index contributed by atoms with van der Waals surface area (Å²) in [5.74, 6) is -0.552. The molecular weight excluding hydrogens is 356 g/mol. The van der Waals surface area contributed by atoms with Gasteiger partial charge in [0.05, 0.1) is 10.5 Å². The van der Waals surface area contributed by atoms with Gasteiger partial charge in [-0.3, -0.25) is 4.79 Å². The molecule has 1 aromatic carbocycles. The number of nitrogens with zero attached hydrogens (tertiary/aromatic N) is 1. The van der Waals surface area contributed by atoms with Gasteiger partial charge in [0, 0.05) is 20.1 Å². The van der Waals surface area contributed by atoms with Crippen LogP contribution in [0.1, 0.15) is 43.0 Å². The van der Waals surface area contributed by atoms with E-state index in [0.717, 1.165) is 23.6 Å². The molecule has 1 saturated carbocycles. The van der Waals surface area contributed by atoms with E-state index >= 15 is 0 Å². The Balaban J connectivity index is 1.88. The third-order valence-electron chi connectivity index (χ3n) is 4.66. The number of ether oxygens (including phenoxy) is 1. The Labute approximate surface area is 154 Å². The molecule has 0 aromatic heterocycles. The summed E-state index contributed by atoms with van der Waals surface area (Å²) >= 11 is 0. The second kappa shape index (κ2) is 8.64. The van der Waals surface area contributed by atoms with Crippen molar-refractivity contribution in [2.75, 3.05) is 20.7 Å². The molecule has 2 atom stereocenters. The minimum absolute atomic E-state index is 0.0862. The van der Waals surface area contributed by atoms with E-state index in [9.17, 15) is 18.0 Å². The first-order chi connectivity index (χ1) is 12.2. The van der Waals surface area contributed by atoms with Crippen molar-refractivity contribution in [3.05, 3.63) is 29.8 Å². The number of rotatable bonds is 6. The van der Waals surface area contributed by atoms with Gasteiger partial charge in [-0.15, -0.1) is 0 Å². The topological polar surface area (TPSA) is 92.8 Å². The minimum atomic E-state index is -3.55. The normalized spacial score (nSPS) is 20.6. The van der Waals surface area contributed by atoms with Crippen molar-refractivity contribution in [2.45, 2.75) is 43.5 Å². The Kier molecular flexibility index (Phi) is 6.77. The lowest BCUT2D eigenvalue weighted by atomic mass is 9.86. The molecule has 1 aliphatic rings. The average Bonchev–Trinajstić information content (AvgIpc) is 2.61. The van der Waals surface area contributed by atoms with E-state index in [2.05, 4.69) is 12.2 Å². The van der Waals surface area contributed by atoms with Crippen LogP contribution in [0, 0.1) is 5.92 Å². The summed E-state index contributed by atoms with van der Waals surface area (Å²) in [5.41, 5.74) is 0.196. The highest BCUT2D eigenvalue weighted by molar-refractivity contribution is 7.89. The van der Waals surface area contributed by atoms with Crippen molar-refractivity contribution in [3.63, 3.8) is 0 Å². The lowest BCUT2D eigenvalue weighted by molar-refractivity contribution is -0.125. The van der Waals surface area contributed by atoms with Gasteiger partial charge in [-0.25, -0.2) is 17.5 Å². The molecule has 0 saturated heterocycles. The third-order valence-corrected chi connectivity index (χ3v) is 6.49. The van der Waals surface area contributed by atoms with Gasteiger partial charge >= 0.3 is 5.97 Å². The molecule has 0 spiro atoms. The van der Waals surface area contributed by atoms with Crippen molar-refractivity contribution >= 4 is 21.9 Å². The number of hydrogen-bond acceptors (Lipinski definition) is 5. The maximum atomic E-state index is 12.0. The maximum Gasteiger partial charge on any atom is 0.338 e. The zero-order valence-corrected chi connectivity index (χ0v) is 16.2. The van der Waals surface area contributed by atoms with Gasteiger partial charge in [-0.1, -0.05) is 19.8 Å². The fourth-order valence-corrected chi connectivity index (χ4v) is 3.87. The molecule has 26 heavy (non-hydrogen) atoms. The van der Waals surface area contributed by atoms with Gasteiger partial charge < -0.3 is 10.1 Å². The standard InChI is InChI=1S/C18H26N2O5S/c1-13-6-4-5-7-16(13)19-17(21)12-25-18(22)14-8-10-15(11-9-14)26(23,24)20(2)3/h8-11,13,16H,4-7,12H2,1-3H3,(H,19,21)/t13-,16+/m0/s1. The molecule has 1 amide bonds. The summed E-state index contributed by atoms with van der Waals surface area (Å²) in [6.45, 7) is 1.76. The smallest absolute Gasteiger partial charge is 0.338 e. The number of nitrogens with one attached hydrogen (secondary N) is 1. The van der Waals surface area contributed by atoms with Crippen LogP contribution < -0.4 is 5.32 Å². The van der Waals surface area contributed by atoms with Gasteiger partial charge in [0.25, 0.3) is 5.91 Å². The van der Waals surface area contributed by atoms with E-state index in [1.54, 1.807) is 0 Å². The number of sulfonamides is 1. The van der Waals surface area contributed by atoms with E-state index in [1.807, 2.05) is 0 Å². The average molecular weight is 382 g/mol. The first-order valence-electron chi connectivity index (χ1n) is 8.71. The van der Waals surface area contributed by atoms with E-state index in [0.29, 0.717) is 5.92 Å². The predicted molar refractivity (Wildman–Crippen MR) is 97.2 cm³/mol. The highest BCUT2D eigenvalue weighted by Gasteiger charge is 2.23. The lowest BCUT2D eigenvalue weighted by Gasteiger charge is -2.29. The lowest BCUT2D eigenvalue weighted by Crippen LogP contribution is -2.42. The molecular formula is C18H26N2O5S. The number of esters is 1. The number of benzene rings is 1. The Morgan fingerprint density at radius 1 is 1.15 bits per heavy atom. The van der Waals surface area contributed by atoms with E-state index in [1.165, 1.54) is 44.8 Å². The van der Waals surface area contributed by atoms with Crippen LogP contribution in [0.4, 0.5) is 0 Å². The van der Waals surface area contributed by atoms with Crippen LogP contribution in [-0.4, -0.2) is 51.3 Å². The van der Waals surface area contributed by atoms with Crippen LogP contribution in [0.25, 0.3) is 0 Å². The molecule has 1 aromatic rings. The number of amides is 1. The van der Waals surface area contributed by atoms with Crippen molar-refractivity contribution in [1.29, 1.82) is 0 Å². The molecule has 0 radical (unpaired) electrons. The summed E-state index contributed by atoms with van der Waals surface area (Å²) in [6.07, 6.45) is 4.31. The van der Waals surface area contributed by atoms with Gasteiger partial charge in [-0.2, -0.15) is 0 Å². The Bertz CT molecular complexity index is 743. The Morgan fingerprint density at radius 3 is 2.35 bits per heavy atom.